The first-order valence-electron chi connectivity index (χ1n) is 9.36. The molecule has 0 aliphatic heterocycles. The van der Waals surface area contributed by atoms with Crippen LogP contribution in [0.15, 0.2) is 48.5 Å². The van der Waals surface area contributed by atoms with Crippen molar-refractivity contribution in [3.05, 3.63) is 59.7 Å². The van der Waals surface area contributed by atoms with Gasteiger partial charge in [-0.15, -0.1) is 5.10 Å². The van der Waals surface area contributed by atoms with Gasteiger partial charge in [0, 0.05) is 23.9 Å². The van der Waals surface area contributed by atoms with Crippen LogP contribution in [0.25, 0.3) is 11.4 Å². The lowest BCUT2D eigenvalue weighted by Crippen LogP contribution is -2.47. The second-order valence-electron chi connectivity index (χ2n) is 7.26. The molecule has 0 aliphatic carbocycles. The predicted octanol–water partition coefficient (Wildman–Crippen LogP) is 2.58. The zero-order valence-corrected chi connectivity index (χ0v) is 16.9. The fourth-order valence-electron chi connectivity index (χ4n) is 2.98. The van der Waals surface area contributed by atoms with Crippen molar-refractivity contribution in [1.82, 2.24) is 25.5 Å². The monoisotopic (exact) mass is 392 g/mol. The third-order valence-electron chi connectivity index (χ3n) is 4.52. The lowest BCUT2D eigenvalue weighted by atomic mass is 10.0. The second kappa shape index (κ2) is 8.64. The molecule has 0 bridgehead atoms. The number of carbonyl (C=O) groups is 2. The molecule has 150 valence electrons. The minimum Gasteiger partial charge on any atom is -0.340 e. The summed E-state index contributed by atoms with van der Waals surface area (Å²) in [6.45, 7) is 5.70. The molecule has 1 atom stereocenters. The van der Waals surface area contributed by atoms with Crippen LogP contribution < -0.4 is 10.6 Å². The number of tetrazole rings is 1. The smallest absolute Gasteiger partial charge is 0.251 e. The third-order valence-corrected chi connectivity index (χ3v) is 4.52. The number of anilines is 1. The van der Waals surface area contributed by atoms with E-state index in [-0.39, 0.29) is 17.7 Å². The van der Waals surface area contributed by atoms with Gasteiger partial charge in [-0.1, -0.05) is 43.7 Å². The Hall–Kier alpha value is -3.55. The molecule has 2 aromatic carbocycles. The molecule has 29 heavy (non-hydrogen) atoms. The minimum absolute atomic E-state index is 0.0881. The van der Waals surface area contributed by atoms with Gasteiger partial charge in [-0.3, -0.25) is 9.59 Å². The van der Waals surface area contributed by atoms with Gasteiger partial charge in [0.15, 0.2) is 5.82 Å². The molecule has 1 aromatic heterocycles. The van der Waals surface area contributed by atoms with Gasteiger partial charge in [0.1, 0.15) is 6.04 Å². The minimum atomic E-state index is -0.678. The third kappa shape index (κ3) is 4.84. The molecule has 3 rings (SSSR count). The summed E-state index contributed by atoms with van der Waals surface area (Å²) in [5, 5.41) is 17.2. The highest BCUT2D eigenvalue weighted by molar-refractivity contribution is 6.01. The van der Waals surface area contributed by atoms with Crippen LogP contribution in [0.5, 0.6) is 0 Å². The van der Waals surface area contributed by atoms with Crippen LogP contribution in [0, 0.1) is 12.8 Å². The number of nitrogens with one attached hydrogen (secondary N) is 2. The number of aromatic nitrogens is 4. The van der Waals surface area contributed by atoms with Gasteiger partial charge in [-0.25, -0.2) is 4.68 Å². The van der Waals surface area contributed by atoms with Gasteiger partial charge < -0.3 is 10.6 Å². The van der Waals surface area contributed by atoms with Crippen LogP contribution >= 0.6 is 0 Å². The van der Waals surface area contributed by atoms with Crippen molar-refractivity contribution in [2.75, 3.05) is 5.32 Å². The van der Waals surface area contributed by atoms with E-state index < -0.39 is 6.04 Å². The van der Waals surface area contributed by atoms with E-state index in [1.165, 1.54) is 0 Å². The van der Waals surface area contributed by atoms with Crippen LogP contribution in [0.2, 0.25) is 0 Å². The summed E-state index contributed by atoms with van der Waals surface area (Å²) >= 11 is 0. The predicted molar refractivity (Wildman–Crippen MR) is 110 cm³/mol. The van der Waals surface area contributed by atoms with Crippen molar-refractivity contribution in [3.63, 3.8) is 0 Å². The summed E-state index contributed by atoms with van der Waals surface area (Å²) in [6.07, 6.45) is 0. The van der Waals surface area contributed by atoms with Crippen molar-refractivity contribution >= 4 is 17.5 Å². The average molecular weight is 392 g/mol. The van der Waals surface area contributed by atoms with E-state index in [1.54, 1.807) is 36.0 Å². The summed E-state index contributed by atoms with van der Waals surface area (Å²) < 4.78 is 1.56. The van der Waals surface area contributed by atoms with Crippen LogP contribution in [-0.2, 0) is 11.8 Å². The van der Waals surface area contributed by atoms with E-state index in [0.717, 1.165) is 11.1 Å². The Kier molecular flexibility index (Phi) is 6.01. The summed E-state index contributed by atoms with van der Waals surface area (Å²) in [5.41, 5.74) is 2.89. The van der Waals surface area contributed by atoms with Crippen LogP contribution in [0.1, 0.15) is 29.8 Å². The highest BCUT2D eigenvalue weighted by Crippen LogP contribution is 2.20. The summed E-state index contributed by atoms with van der Waals surface area (Å²) in [7, 11) is 1.75. The number of aryl methyl sites for hydroxylation is 2. The topological polar surface area (TPSA) is 102 Å². The summed E-state index contributed by atoms with van der Waals surface area (Å²) in [5.74, 6) is -0.0557. The van der Waals surface area contributed by atoms with E-state index in [0.29, 0.717) is 17.1 Å². The molecule has 1 heterocycles. The number of benzene rings is 2. The number of carbonyl (C=O) groups excluding carboxylic acids is 2. The van der Waals surface area contributed by atoms with E-state index in [1.807, 2.05) is 45.0 Å². The Morgan fingerprint density at radius 1 is 1.07 bits per heavy atom. The van der Waals surface area contributed by atoms with E-state index in [9.17, 15) is 9.59 Å². The van der Waals surface area contributed by atoms with Crippen LogP contribution in [0.4, 0.5) is 5.69 Å². The number of hydrogen-bond donors (Lipinski definition) is 2. The Morgan fingerprint density at radius 3 is 2.48 bits per heavy atom. The summed E-state index contributed by atoms with van der Waals surface area (Å²) in [4.78, 5) is 25.5. The normalized spacial score (nSPS) is 11.9. The first-order valence-corrected chi connectivity index (χ1v) is 9.36. The van der Waals surface area contributed by atoms with Crippen molar-refractivity contribution in [2.45, 2.75) is 26.8 Å². The fraction of sp³-hybridized carbons (Fsp3) is 0.286. The SMILES string of the molecule is Cc1cccc(C(=O)NC(C(=O)Nc2cccc(-c3nnnn3C)c2)C(C)C)c1. The zero-order valence-electron chi connectivity index (χ0n) is 16.9. The first kappa shape index (κ1) is 20.2. The molecule has 2 amide bonds. The molecule has 3 aromatic rings. The lowest BCUT2D eigenvalue weighted by molar-refractivity contribution is -0.118. The lowest BCUT2D eigenvalue weighted by Gasteiger charge is -2.22. The maximum absolute atomic E-state index is 12.9. The van der Waals surface area contributed by atoms with E-state index in [2.05, 4.69) is 26.2 Å². The largest absolute Gasteiger partial charge is 0.340 e. The highest BCUT2D eigenvalue weighted by atomic mass is 16.2. The van der Waals surface area contributed by atoms with Crippen LogP contribution in [-0.4, -0.2) is 38.1 Å². The number of rotatable bonds is 6. The quantitative estimate of drug-likeness (QED) is 0.671. The maximum Gasteiger partial charge on any atom is 0.251 e. The standard InChI is InChI=1S/C21H24N6O2/c1-13(2)18(23-20(28)16-9-5-7-14(3)11-16)21(29)22-17-10-6-8-15(12-17)19-24-25-26-27(19)4/h5-13,18H,1-4H3,(H,22,29)(H,23,28). The molecule has 0 fully saturated rings. The second-order valence-corrected chi connectivity index (χ2v) is 7.26. The molecule has 8 heteroatoms. The molecular formula is C21H24N6O2. The zero-order chi connectivity index (χ0) is 21.0. The first-order chi connectivity index (χ1) is 13.8. The Bertz CT molecular complexity index is 1030. The van der Waals surface area contributed by atoms with E-state index >= 15 is 0 Å². The number of nitrogens with zero attached hydrogens (tertiary/aromatic N) is 4. The van der Waals surface area contributed by atoms with Crippen molar-refractivity contribution < 1.29 is 9.59 Å². The molecule has 0 saturated heterocycles. The summed E-state index contributed by atoms with van der Waals surface area (Å²) in [6, 6.07) is 13.8. The molecule has 1 unspecified atom stereocenters. The van der Waals surface area contributed by atoms with Crippen molar-refractivity contribution in [3.8, 4) is 11.4 Å². The average Bonchev–Trinajstić information content (AvgIpc) is 3.11. The van der Waals surface area contributed by atoms with Crippen molar-refractivity contribution in [1.29, 1.82) is 0 Å². The van der Waals surface area contributed by atoms with Gasteiger partial charge >= 0.3 is 0 Å². The maximum atomic E-state index is 12.9. The Morgan fingerprint density at radius 2 is 1.83 bits per heavy atom. The molecule has 8 nitrogen and oxygen atoms in total. The van der Waals surface area contributed by atoms with Gasteiger partial charge in [0.05, 0.1) is 0 Å². The highest BCUT2D eigenvalue weighted by Gasteiger charge is 2.25. The molecular weight excluding hydrogens is 368 g/mol. The van der Waals surface area contributed by atoms with E-state index in [4.69, 9.17) is 0 Å². The number of amides is 2. The molecule has 2 N–H and O–H groups in total. The van der Waals surface area contributed by atoms with Gasteiger partial charge in [0.2, 0.25) is 5.91 Å². The molecule has 0 aliphatic rings. The molecule has 0 radical (unpaired) electrons. The molecule has 0 spiro atoms. The molecule has 0 saturated carbocycles. The van der Waals surface area contributed by atoms with Crippen LogP contribution in [0.3, 0.4) is 0 Å². The Labute approximate surface area is 169 Å². The Balaban J connectivity index is 1.75. The van der Waals surface area contributed by atoms with Crippen molar-refractivity contribution in [2.24, 2.45) is 13.0 Å². The van der Waals surface area contributed by atoms with Gasteiger partial charge in [-0.2, -0.15) is 0 Å². The van der Waals surface area contributed by atoms with Gasteiger partial charge in [0.25, 0.3) is 5.91 Å². The number of hydrogen-bond acceptors (Lipinski definition) is 5. The fourth-order valence-corrected chi connectivity index (χ4v) is 2.98. The van der Waals surface area contributed by atoms with Gasteiger partial charge in [-0.05, 0) is 47.5 Å².